The lowest BCUT2D eigenvalue weighted by Gasteiger charge is -2.34. The Morgan fingerprint density at radius 3 is 2.62 bits per heavy atom. The van der Waals surface area contributed by atoms with Gasteiger partial charge in [-0.25, -0.2) is 0 Å². The van der Waals surface area contributed by atoms with Gasteiger partial charge in [0.25, 0.3) is 5.91 Å². The van der Waals surface area contributed by atoms with E-state index >= 15 is 0 Å². The third kappa shape index (κ3) is 4.00. The average Bonchev–Trinajstić information content (AvgIpc) is 3.32. The van der Waals surface area contributed by atoms with E-state index in [1.54, 1.807) is 11.3 Å². The summed E-state index contributed by atoms with van der Waals surface area (Å²) in [7, 11) is 0. The van der Waals surface area contributed by atoms with Gasteiger partial charge in [0.2, 0.25) is 0 Å². The summed E-state index contributed by atoms with van der Waals surface area (Å²) in [5.74, 6) is 0.0157. The molecule has 3 heterocycles. The van der Waals surface area contributed by atoms with Gasteiger partial charge < -0.3 is 9.74 Å². The van der Waals surface area contributed by atoms with Gasteiger partial charge in [-0.05, 0) is 33.6 Å². The molecule has 1 saturated heterocycles. The zero-order valence-electron chi connectivity index (χ0n) is 14.3. The van der Waals surface area contributed by atoms with E-state index in [4.69, 9.17) is 4.84 Å². The number of piperazine rings is 1. The molecule has 0 bridgehead atoms. The van der Waals surface area contributed by atoms with E-state index in [9.17, 15) is 4.79 Å². The van der Waals surface area contributed by atoms with Crippen molar-refractivity contribution in [3.05, 3.63) is 56.7 Å². The molecule has 2 aliphatic heterocycles. The number of thiophene rings is 1. The second-order valence-electron chi connectivity index (χ2n) is 6.52. The molecule has 2 aliphatic rings. The van der Waals surface area contributed by atoms with Crippen LogP contribution in [0.15, 0.2) is 51.4 Å². The molecule has 0 aliphatic carbocycles. The van der Waals surface area contributed by atoms with E-state index in [1.807, 2.05) is 35.2 Å². The number of nitrogens with zero attached hydrogens (tertiary/aromatic N) is 3. The Morgan fingerprint density at radius 1 is 1.15 bits per heavy atom. The Hall–Kier alpha value is -1.70. The number of hydrogen-bond donors (Lipinski definition) is 0. The van der Waals surface area contributed by atoms with Crippen molar-refractivity contribution in [3.8, 4) is 0 Å². The first-order valence-electron chi connectivity index (χ1n) is 8.72. The summed E-state index contributed by atoms with van der Waals surface area (Å²) < 4.78 is 1.16. The normalized spacial score (nSPS) is 20.7. The zero-order valence-corrected chi connectivity index (χ0v) is 16.7. The molecule has 1 atom stereocenters. The third-order valence-corrected chi connectivity index (χ3v) is 6.36. The monoisotopic (exact) mass is 433 g/mol. The molecule has 1 fully saturated rings. The minimum Gasteiger partial charge on any atom is -0.387 e. The summed E-state index contributed by atoms with van der Waals surface area (Å²) in [5, 5.41) is 4.07. The highest BCUT2D eigenvalue weighted by Gasteiger charge is 2.31. The number of hydrogen-bond acceptors (Lipinski definition) is 5. The molecule has 0 radical (unpaired) electrons. The maximum atomic E-state index is 12.7. The molecule has 0 saturated carbocycles. The van der Waals surface area contributed by atoms with Gasteiger partial charge in [-0.15, -0.1) is 11.3 Å². The van der Waals surface area contributed by atoms with Gasteiger partial charge in [-0.2, -0.15) is 0 Å². The highest BCUT2D eigenvalue weighted by molar-refractivity contribution is 9.11. The molecule has 26 heavy (non-hydrogen) atoms. The summed E-state index contributed by atoms with van der Waals surface area (Å²) in [5.41, 5.74) is 1.60. The van der Waals surface area contributed by atoms with Crippen LogP contribution in [0.2, 0.25) is 0 Å². The third-order valence-electron chi connectivity index (χ3n) is 4.75. The largest absolute Gasteiger partial charge is 0.387 e. The van der Waals surface area contributed by atoms with Gasteiger partial charge in [0.1, 0.15) is 5.71 Å². The standard InChI is InChI=1S/C19H20BrN3O2S/c20-18-7-6-15(26-18)13-22-8-10-23(11-9-22)19(24)16-12-17(25-21-16)14-4-2-1-3-5-14/h1-7,17H,8-13H2. The van der Waals surface area contributed by atoms with Gasteiger partial charge in [0, 0.05) is 44.0 Å². The van der Waals surface area contributed by atoms with E-state index in [2.05, 4.69) is 38.1 Å². The van der Waals surface area contributed by atoms with Gasteiger partial charge in [0.05, 0.1) is 3.79 Å². The molecule has 1 aromatic carbocycles. The molecule has 1 amide bonds. The topological polar surface area (TPSA) is 45.1 Å². The molecular formula is C19H20BrN3O2S. The van der Waals surface area contributed by atoms with Crippen molar-refractivity contribution >= 4 is 38.9 Å². The van der Waals surface area contributed by atoms with Crippen LogP contribution in [0.4, 0.5) is 0 Å². The minimum absolute atomic E-state index is 0.0157. The van der Waals surface area contributed by atoms with Crippen LogP contribution >= 0.6 is 27.3 Å². The lowest BCUT2D eigenvalue weighted by atomic mass is 10.0. The highest BCUT2D eigenvalue weighted by Crippen LogP contribution is 2.28. The fourth-order valence-electron chi connectivity index (χ4n) is 3.30. The second kappa shape index (κ2) is 7.90. The zero-order chi connectivity index (χ0) is 17.9. The van der Waals surface area contributed by atoms with Crippen LogP contribution in [0.5, 0.6) is 0 Å². The van der Waals surface area contributed by atoms with Crippen LogP contribution in [-0.4, -0.2) is 47.6 Å². The first-order valence-corrected chi connectivity index (χ1v) is 10.3. The summed E-state index contributed by atoms with van der Waals surface area (Å²) in [4.78, 5) is 23.9. The molecule has 4 rings (SSSR count). The molecule has 5 nitrogen and oxygen atoms in total. The Balaban J connectivity index is 1.29. The predicted molar refractivity (Wildman–Crippen MR) is 106 cm³/mol. The molecular weight excluding hydrogens is 414 g/mol. The first kappa shape index (κ1) is 17.7. The van der Waals surface area contributed by atoms with E-state index in [1.165, 1.54) is 4.88 Å². The molecule has 0 spiro atoms. The Kier molecular flexibility index (Phi) is 5.38. The number of oxime groups is 1. The number of benzene rings is 1. The number of halogens is 1. The molecule has 136 valence electrons. The maximum Gasteiger partial charge on any atom is 0.271 e. The molecule has 1 aromatic heterocycles. The number of rotatable bonds is 4. The smallest absolute Gasteiger partial charge is 0.271 e. The predicted octanol–water partition coefficient (Wildman–Crippen LogP) is 3.67. The molecule has 1 unspecified atom stereocenters. The Bertz CT molecular complexity index is 800. The van der Waals surface area contributed by atoms with E-state index < -0.39 is 0 Å². The molecule has 2 aromatic rings. The van der Waals surface area contributed by atoms with Crippen LogP contribution in [0.3, 0.4) is 0 Å². The summed E-state index contributed by atoms with van der Waals surface area (Å²) in [6.07, 6.45) is 0.403. The van der Waals surface area contributed by atoms with Gasteiger partial charge in [-0.3, -0.25) is 9.69 Å². The maximum absolute atomic E-state index is 12.7. The van der Waals surface area contributed by atoms with Crippen molar-refractivity contribution in [3.63, 3.8) is 0 Å². The van der Waals surface area contributed by atoms with Crippen molar-refractivity contribution < 1.29 is 9.63 Å². The fraction of sp³-hybridized carbons (Fsp3) is 0.368. The van der Waals surface area contributed by atoms with E-state index in [-0.39, 0.29) is 12.0 Å². The number of amides is 1. The molecule has 7 heteroatoms. The average molecular weight is 434 g/mol. The van der Waals surface area contributed by atoms with Crippen LogP contribution in [0.1, 0.15) is 23.0 Å². The van der Waals surface area contributed by atoms with Crippen LogP contribution in [-0.2, 0) is 16.2 Å². The quantitative estimate of drug-likeness (QED) is 0.738. The highest BCUT2D eigenvalue weighted by atomic mass is 79.9. The molecule has 0 N–H and O–H groups in total. The second-order valence-corrected chi connectivity index (χ2v) is 9.07. The van der Waals surface area contributed by atoms with Crippen molar-refractivity contribution in [2.75, 3.05) is 26.2 Å². The number of carbonyl (C=O) groups is 1. The number of carbonyl (C=O) groups excluding carboxylic acids is 1. The summed E-state index contributed by atoms with van der Waals surface area (Å²) in [6, 6.07) is 14.2. The van der Waals surface area contributed by atoms with Gasteiger partial charge in [-0.1, -0.05) is 35.5 Å². The lowest BCUT2D eigenvalue weighted by molar-refractivity contribution is -0.125. The SMILES string of the molecule is O=C(C1=NOC(c2ccccc2)C1)N1CCN(Cc2ccc(Br)s2)CC1. The van der Waals surface area contributed by atoms with Crippen molar-refractivity contribution in [2.45, 2.75) is 19.1 Å². The van der Waals surface area contributed by atoms with Crippen LogP contribution < -0.4 is 0 Å². The van der Waals surface area contributed by atoms with Crippen molar-refractivity contribution in [1.29, 1.82) is 0 Å². The Labute approximate surface area is 165 Å². The lowest BCUT2D eigenvalue weighted by Crippen LogP contribution is -2.50. The van der Waals surface area contributed by atoms with Crippen LogP contribution in [0.25, 0.3) is 0 Å². The van der Waals surface area contributed by atoms with Crippen molar-refractivity contribution in [2.24, 2.45) is 5.16 Å². The van der Waals surface area contributed by atoms with Crippen LogP contribution in [0, 0.1) is 0 Å². The Morgan fingerprint density at radius 2 is 1.92 bits per heavy atom. The fourth-order valence-corrected chi connectivity index (χ4v) is 4.82. The van der Waals surface area contributed by atoms with E-state index in [0.717, 1.165) is 42.1 Å². The minimum atomic E-state index is -0.145. The summed E-state index contributed by atoms with van der Waals surface area (Å²) >= 11 is 5.27. The van der Waals surface area contributed by atoms with Crippen molar-refractivity contribution in [1.82, 2.24) is 9.80 Å². The first-order chi connectivity index (χ1) is 12.7. The van der Waals surface area contributed by atoms with Gasteiger partial charge in [0.15, 0.2) is 6.10 Å². The van der Waals surface area contributed by atoms with E-state index in [0.29, 0.717) is 12.1 Å². The summed E-state index contributed by atoms with van der Waals surface area (Å²) in [6.45, 7) is 4.19. The van der Waals surface area contributed by atoms with Gasteiger partial charge >= 0.3 is 0 Å².